The number of nitrogens with one attached hydrogen (secondary N) is 1. The van der Waals surface area contributed by atoms with Crippen LogP contribution in [-0.4, -0.2) is 19.1 Å². The molecule has 0 spiro atoms. The molecule has 0 heterocycles. The minimum atomic E-state index is -0.252. The summed E-state index contributed by atoms with van der Waals surface area (Å²) < 4.78 is 4.93. The monoisotopic (exact) mass is 233 g/mol. The van der Waals surface area contributed by atoms with Gasteiger partial charge in [-0.1, -0.05) is 6.42 Å². The van der Waals surface area contributed by atoms with Crippen molar-refractivity contribution in [2.45, 2.75) is 26.2 Å². The van der Waals surface area contributed by atoms with Gasteiger partial charge in [-0.15, -0.1) is 0 Å². The summed E-state index contributed by atoms with van der Waals surface area (Å²) in [4.78, 5) is 11.4. The highest BCUT2D eigenvalue weighted by atomic mass is 16.5. The van der Waals surface area contributed by atoms with Crippen molar-refractivity contribution in [1.82, 2.24) is 0 Å². The van der Waals surface area contributed by atoms with Gasteiger partial charge in [0.15, 0.2) is 0 Å². The fourth-order valence-electron chi connectivity index (χ4n) is 1.90. The van der Waals surface area contributed by atoms with E-state index in [4.69, 9.17) is 4.74 Å². The molecule has 0 unspecified atom stereocenters. The van der Waals surface area contributed by atoms with E-state index in [0.29, 0.717) is 12.2 Å². The zero-order valence-electron chi connectivity index (χ0n) is 10.2. The Morgan fingerprint density at radius 2 is 2.06 bits per heavy atom. The number of hydrogen-bond donors (Lipinski definition) is 1. The first-order chi connectivity index (χ1) is 8.29. The average molecular weight is 233 g/mol. The second-order valence-electron chi connectivity index (χ2n) is 4.48. The van der Waals surface area contributed by atoms with Crippen LogP contribution in [0, 0.1) is 5.92 Å². The largest absolute Gasteiger partial charge is 0.462 e. The highest BCUT2D eigenvalue weighted by Crippen LogP contribution is 2.26. The lowest BCUT2D eigenvalue weighted by atomic mass is 9.85. The Labute approximate surface area is 102 Å². The van der Waals surface area contributed by atoms with Crippen molar-refractivity contribution in [3.63, 3.8) is 0 Å². The number of ether oxygens (including phenoxy) is 1. The summed E-state index contributed by atoms with van der Waals surface area (Å²) in [5.74, 6) is 0.581. The van der Waals surface area contributed by atoms with Crippen LogP contribution >= 0.6 is 0 Å². The van der Waals surface area contributed by atoms with Crippen LogP contribution in [0.25, 0.3) is 0 Å². The third kappa shape index (κ3) is 3.22. The van der Waals surface area contributed by atoms with Crippen LogP contribution in [0.5, 0.6) is 0 Å². The van der Waals surface area contributed by atoms with Gasteiger partial charge in [-0.05, 0) is 49.9 Å². The Kier molecular flexibility index (Phi) is 4.02. The maximum atomic E-state index is 11.4. The lowest BCUT2D eigenvalue weighted by molar-refractivity contribution is 0.0526. The van der Waals surface area contributed by atoms with Crippen molar-refractivity contribution in [1.29, 1.82) is 0 Å². The van der Waals surface area contributed by atoms with E-state index in [1.165, 1.54) is 19.3 Å². The zero-order chi connectivity index (χ0) is 12.1. The summed E-state index contributed by atoms with van der Waals surface area (Å²) in [6.07, 6.45) is 4.05. The first kappa shape index (κ1) is 12.0. The van der Waals surface area contributed by atoms with E-state index in [-0.39, 0.29) is 5.97 Å². The average Bonchev–Trinajstić information content (AvgIpc) is 2.28. The van der Waals surface area contributed by atoms with Crippen molar-refractivity contribution in [2.24, 2.45) is 5.92 Å². The lowest BCUT2D eigenvalue weighted by Gasteiger charge is -2.25. The summed E-state index contributed by atoms with van der Waals surface area (Å²) in [6.45, 7) is 3.27. The van der Waals surface area contributed by atoms with Crippen molar-refractivity contribution >= 4 is 11.7 Å². The number of rotatable bonds is 5. The third-order valence-electron chi connectivity index (χ3n) is 3.22. The Morgan fingerprint density at radius 1 is 1.35 bits per heavy atom. The fourth-order valence-corrected chi connectivity index (χ4v) is 1.90. The molecule has 3 heteroatoms. The molecule has 1 fully saturated rings. The van der Waals surface area contributed by atoms with Gasteiger partial charge in [0, 0.05) is 12.2 Å². The summed E-state index contributed by atoms with van der Waals surface area (Å²) >= 11 is 0. The highest BCUT2D eigenvalue weighted by Gasteiger charge is 2.16. The van der Waals surface area contributed by atoms with Crippen LogP contribution in [0.2, 0.25) is 0 Å². The first-order valence-electron chi connectivity index (χ1n) is 6.30. The quantitative estimate of drug-likeness (QED) is 0.794. The van der Waals surface area contributed by atoms with Gasteiger partial charge < -0.3 is 10.1 Å². The smallest absolute Gasteiger partial charge is 0.338 e. The molecule has 0 radical (unpaired) electrons. The Bertz CT molecular complexity index is 368. The topological polar surface area (TPSA) is 38.3 Å². The van der Waals surface area contributed by atoms with Crippen LogP contribution in [0.15, 0.2) is 24.3 Å². The second kappa shape index (κ2) is 5.71. The van der Waals surface area contributed by atoms with Gasteiger partial charge in [0.2, 0.25) is 0 Å². The molecule has 92 valence electrons. The summed E-state index contributed by atoms with van der Waals surface area (Å²) in [5, 5.41) is 3.39. The van der Waals surface area contributed by atoms with Gasteiger partial charge in [0.05, 0.1) is 12.2 Å². The molecule has 0 bridgehead atoms. The molecule has 1 N–H and O–H groups in total. The molecule has 3 nitrogen and oxygen atoms in total. The lowest BCUT2D eigenvalue weighted by Crippen LogP contribution is -2.20. The number of carbonyl (C=O) groups is 1. The van der Waals surface area contributed by atoms with Gasteiger partial charge in [-0.25, -0.2) is 4.79 Å². The van der Waals surface area contributed by atoms with E-state index >= 15 is 0 Å². The van der Waals surface area contributed by atoms with Crippen LogP contribution in [0.3, 0.4) is 0 Å². The molecule has 1 aromatic rings. The molecule has 1 aliphatic carbocycles. The molecule has 2 rings (SSSR count). The molecule has 0 amide bonds. The molecule has 0 atom stereocenters. The summed E-state index contributed by atoms with van der Waals surface area (Å²) in [5.41, 5.74) is 1.69. The van der Waals surface area contributed by atoms with Gasteiger partial charge in [-0.2, -0.15) is 0 Å². The standard InChI is InChI=1S/C14H19NO2/c1-2-17-14(16)12-6-8-13(9-7-12)15-10-11-4-3-5-11/h6-9,11,15H,2-5,10H2,1H3. The van der Waals surface area contributed by atoms with Gasteiger partial charge in [-0.3, -0.25) is 0 Å². The molecule has 0 aliphatic heterocycles. The van der Waals surface area contributed by atoms with Gasteiger partial charge >= 0.3 is 5.97 Å². The molecule has 1 aromatic carbocycles. The maximum Gasteiger partial charge on any atom is 0.338 e. The SMILES string of the molecule is CCOC(=O)c1ccc(NCC2CCC2)cc1. The summed E-state index contributed by atoms with van der Waals surface area (Å²) in [6, 6.07) is 7.48. The highest BCUT2D eigenvalue weighted by molar-refractivity contribution is 5.89. The number of esters is 1. The minimum Gasteiger partial charge on any atom is -0.462 e. The van der Waals surface area contributed by atoms with E-state index < -0.39 is 0 Å². The fraction of sp³-hybridized carbons (Fsp3) is 0.500. The molecule has 0 aromatic heterocycles. The maximum absolute atomic E-state index is 11.4. The number of hydrogen-bond acceptors (Lipinski definition) is 3. The van der Waals surface area contributed by atoms with Gasteiger partial charge in [0.1, 0.15) is 0 Å². The van der Waals surface area contributed by atoms with Crippen molar-refractivity contribution in [3.05, 3.63) is 29.8 Å². The van der Waals surface area contributed by atoms with E-state index in [9.17, 15) is 4.79 Å². The Balaban J connectivity index is 1.85. The van der Waals surface area contributed by atoms with E-state index in [2.05, 4.69) is 5.32 Å². The normalized spacial score (nSPS) is 15.1. The Morgan fingerprint density at radius 3 is 2.59 bits per heavy atom. The number of benzene rings is 1. The van der Waals surface area contributed by atoms with E-state index in [0.717, 1.165) is 18.2 Å². The number of anilines is 1. The van der Waals surface area contributed by atoms with Crippen LogP contribution in [0.1, 0.15) is 36.5 Å². The predicted molar refractivity (Wildman–Crippen MR) is 68.2 cm³/mol. The second-order valence-corrected chi connectivity index (χ2v) is 4.48. The summed E-state index contributed by atoms with van der Waals surface area (Å²) in [7, 11) is 0. The van der Waals surface area contributed by atoms with Crippen molar-refractivity contribution < 1.29 is 9.53 Å². The zero-order valence-corrected chi connectivity index (χ0v) is 10.2. The van der Waals surface area contributed by atoms with Crippen molar-refractivity contribution in [2.75, 3.05) is 18.5 Å². The van der Waals surface area contributed by atoms with Crippen molar-refractivity contribution in [3.8, 4) is 0 Å². The molecule has 17 heavy (non-hydrogen) atoms. The molecular weight excluding hydrogens is 214 g/mol. The Hall–Kier alpha value is -1.51. The van der Waals surface area contributed by atoms with Crippen LogP contribution in [-0.2, 0) is 4.74 Å². The van der Waals surface area contributed by atoms with Crippen LogP contribution in [0.4, 0.5) is 5.69 Å². The van der Waals surface area contributed by atoms with E-state index in [1.807, 2.05) is 19.1 Å². The molecular formula is C14H19NO2. The van der Waals surface area contributed by atoms with Gasteiger partial charge in [0.25, 0.3) is 0 Å². The molecule has 1 aliphatic rings. The minimum absolute atomic E-state index is 0.252. The molecule has 0 saturated heterocycles. The molecule has 1 saturated carbocycles. The third-order valence-corrected chi connectivity index (χ3v) is 3.22. The first-order valence-corrected chi connectivity index (χ1v) is 6.30. The van der Waals surface area contributed by atoms with Crippen LogP contribution < -0.4 is 5.32 Å². The predicted octanol–water partition coefficient (Wildman–Crippen LogP) is 3.08. The van der Waals surface area contributed by atoms with E-state index in [1.54, 1.807) is 12.1 Å². The number of carbonyl (C=O) groups excluding carboxylic acids is 1.